The van der Waals surface area contributed by atoms with Crippen molar-refractivity contribution in [3.05, 3.63) is 89.5 Å². The van der Waals surface area contributed by atoms with Crippen LogP contribution < -0.4 is 10.2 Å². The Kier molecular flexibility index (Phi) is 10.8. The fourth-order valence-electron chi connectivity index (χ4n) is 7.87. The lowest BCUT2D eigenvalue weighted by atomic mass is 9.74. The van der Waals surface area contributed by atoms with Crippen LogP contribution in [0.2, 0.25) is 5.02 Å². The number of esters is 1. The number of rotatable bonds is 8. The first-order valence-electron chi connectivity index (χ1n) is 17.2. The number of ether oxygens (including phenoxy) is 3. The van der Waals surface area contributed by atoms with Crippen molar-refractivity contribution in [2.24, 2.45) is 17.8 Å². The number of benzene rings is 2. The van der Waals surface area contributed by atoms with Gasteiger partial charge in [0.2, 0.25) is 11.8 Å². The summed E-state index contributed by atoms with van der Waals surface area (Å²) >= 11 is 6.21. The monoisotopic (exact) mass is 705 g/mol. The Morgan fingerprint density at radius 3 is 2.46 bits per heavy atom. The zero-order valence-electron chi connectivity index (χ0n) is 28.4. The van der Waals surface area contributed by atoms with E-state index in [1.165, 1.54) is 12.0 Å². The molecule has 2 fully saturated rings. The number of amides is 3. The molecule has 6 rings (SSSR count). The van der Waals surface area contributed by atoms with Crippen molar-refractivity contribution in [3.63, 3.8) is 0 Å². The maximum atomic E-state index is 15.0. The van der Waals surface area contributed by atoms with Crippen LogP contribution in [-0.2, 0) is 33.4 Å². The van der Waals surface area contributed by atoms with Crippen LogP contribution in [0.15, 0.2) is 78.9 Å². The summed E-state index contributed by atoms with van der Waals surface area (Å²) in [6.07, 6.45) is 6.26. The number of hydrogen-bond donors (Lipinski definition) is 2. The third-order valence-electron chi connectivity index (χ3n) is 9.99. The van der Waals surface area contributed by atoms with E-state index in [4.69, 9.17) is 25.8 Å². The van der Waals surface area contributed by atoms with Crippen LogP contribution in [0.25, 0.3) is 0 Å². The summed E-state index contributed by atoms with van der Waals surface area (Å²) in [5, 5.41) is 14.2. The smallest absolute Gasteiger partial charge is 0.313 e. The number of aliphatic hydroxyl groups excluding tert-OH is 1. The number of aliphatic hydroxyl groups is 1. The first kappa shape index (κ1) is 35.8. The molecule has 0 aromatic heterocycles. The van der Waals surface area contributed by atoms with Crippen molar-refractivity contribution in [2.75, 3.05) is 31.8 Å². The highest BCUT2D eigenvalue weighted by Gasteiger charge is 2.74. The Bertz CT molecular complexity index is 1630. The zero-order valence-corrected chi connectivity index (χ0v) is 29.2. The summed E-state index contributed by atoms with van der Waals surface area (Å²) in [5.74, 6) is -3.94. The van der Waals surface area contributed by atoms with Crippen LogP contribution in [-0.4, -0.2) is 90.4 Å². The van der Waals surface area contributed by atoms with Crippen molar-refractivity contribution in [2.45, 2.75) is 69.0 Å². The van der Waals surface area contributed by atoms with E-state index >= 15 is 4.79 Å². The van der Waals surface area contributed by atoms with Crippen molar-refractivity contribution in [3.8, 4) is 0 Å². The van der Waals surface area contributed by atoms with E-state index in [1.54, 1.807) is 53.5 Å². The van der Waals surface area contributed by atoms with Gasteiger partial charge in [0, 0.05) is 30.8 Å². The lowest BCUT2D eigenvalue weighted by Gasteiger charge is -2.39. The maximum absolute atomic E-state index is 15.0. The highest BCUT2D eigenvalue weighted by molar-refractivity contribution is 6.30. The van der Waals surface area contributed by atoms with E-state index < -0.39 is 65.6 Å². The molecule has 1 spiro atoms. The van der Waals surface area contributed by atoms with Gasteiger partial charge < -0.3 is 34.4 Å². The number of nitrogens with one attached hydrogen (secondary N) is 1. The summed E-state index contributed by atoms with van der Waals surface area (Å²) in [6, 6.07) is 13.2. The lowest BCUT2D eigenvalue weighted by molar-refractivity contribution is -0.162. The van der Waals surface area contributed by atoms with E-state index in [0.717, 1.165) is 0 Å². The number of methoxy groups -OCH3 is 1. The summed E-state index contributed by atoms with van der Waals surface area (Å²) in [7, 11) is 1.50. The molecule has 266 valence electrons. The predicted molar refractivity (Wildman–Crippen MR) is 186 cm³/mol. The number of hydrogen-bond acceptors (Lipinski definition) is 8. The van der Waals surface area contributed by atoms with Gasteiger partial charge in [0.15, 0.2) is 0 Å². The molecule has 0 radical (unpaired) electrons. The molecule has 0 unspecified atom stereocenters. The van der Waals surface area contributed by atoms with Crippen molar-refractivity contribution < 1.29 is 38.5 Å². The minimum Gasteiger partial charge on any atom is -0.455 e. The number of cyclic esters (lactones) is 1. The second kappa shape index (κ2) is 15.1. The Balaban J connectivity index is 1.48. The fourth-order valence-corrected chi connectivity index (χ4v) is 7.99. The Labute approximate surface area is 297 Å². The first-order chi connectivity index (χ1) is 24.1. The van der Waals surface area contributed by atoms with Gasteiger partial charge in [-0.2, -0.15) is 0 Å². The quantitative estimate of drug-likeness (QED) is 0.311. The number of likely N-dealkylation sites (tertiary alicyclic amines) is 1. The Morgan fingerprint density at radius 2 is 1.78 bits per heavy atom. The van der Waals surface area contributed by atoms with Gasteiger partial charge in [0.05, 0.1) is 37.3 Å². The molecule has 11 nitrogen and oxygen atoms in total. The van der Waals surface area contributed by atoms with Crippen molar-refractivity contribution >= 4 is 41.0 Å². The average molecular weight is 706 g/mol. The highest BCUT2D eigenvalue weighted by atomic mass is 35.5. The van der Waals surface area contributed by atoms with E-state index in [2.05, 4.69) is 5.32 Å². The molecule has 50 heavy (non-hydrogen) atoms. The second-order valence-electron chi connectivity index (χ2n) is 13.7. The van der Waals surface area contributed by atoms with Gasteiger partial charge in [-0.05, 0) is 48.6 Å². The van der Waals surface area contributed by atoms with Gasteiger partial charge in [-0.1, -0.05) is 80.1 Å². The molecule has 8 atom stereocenters. The number of carbonyl (C=O) groups is 4. The molecule has 2 N–H and O–H groups in total. The summed E-state index contributed by atoms with van der Waals surface area (Å²) in [5.41, 5.74) is -0.312. The number of nitrogens with zero attached hydrogens (tertiary/aromatic N) is 2. The van der Waals surface area contributed by atoms with Crippen LogP contribution in [0.3, 0.4) is 0 Å². The number of fused-ring (bicyclic) bond motifs is 2. The molecule has 5 bridgehead atoms. The van der Waals surface area contributed by atoms with E-state index in [0.29, 0.717) is 29.1 Å². The van der Waals surface area contributed by atoms with Crippen molar-refractivity contribution in [1.29, 1.82) is 0 Å². The minimum absolute atomic E-state index is 0.0546. The predicted octanol–water partition coefficient (Wildman–Crippen LogP) is 4.00. The molecule has 4 aliphatic heterocycles. The van der Waals surface area contributed by atoms with E-state index in [9.17, 15) is 19.5 Å². The molecule has 2 saturated heterocycles. The Morgan fingerprint density at radius 1 is 1.04 bits per heavy atom. The zero-order chi connectivity index (χ0) is 35.6. The molecular formula is C38H44ClN3O8. The molecule has 0 saturated carbocycles. The molecule has 12 heteroatoms. The first-order valence-corrected chi connectivity index (χ1v) is 17.5. The number of carbonyl (C=O) groups excluding carboxylic acids is 4. The van der Waals surface area contributed by atoms with Crippen LogP contribution in [0.5, 0.6) is 0 Å². The highest BCUT2D eigenvalue weighted by Crippen LogP contribution is 2.56. The lowest BCUT2D eigenvalue weighted by Crippen LogP contribution is -2.59. The largest absolute Gasteiger partial charge is 0.455 e. The molecule has 0 aliphatic carbocycles. The van der Waals surface area contributed by atoms with Gasteiger partial charge in [0.1, 0.15) is 23.7 Å². The molecule has 4 heterocycles. The van der Waals surface area contributed by atoms with Crippen molar-refractivity contribution in [1.82, 2.24) is 10.2 Å². The van der Waals surface area contributed by atoms with Gasteiger partial charge in [-0.3, -0.25) is 19.2 Å². The molecule has 3 amide bonds. The summed E-state index contributed by atoms with van der Waals surface area (Å²) in [4.78, 5) is 60.5. The molecule has 2 aromatic rings. The van der Waals surface area contributed by atoms with Gasteiger partial charge in [-0.15, -0.1) is 0 Å². The number of halogens is 1. The summed E-state index contributed by atoms with van der Waals surface area (Å²) in [6.45, 7) is 3.76. The fraction of sp³-hybridized carbons (Fsp3) is 0.474. The standard InChI is InChI=1S/C38H44ClN3O8/c1-23(2)20-27(21-43)42-34-36(46)41(26-15-13-25(39)14-16-26)19-9-5-8-12-30(44)40-28(22-48-3)33(24-10-6-4-7-11-24)49-37(47)31-29-17-18-38(34,50-29)32(31)35(42)45/h4-7,9-11,13-18,23,27-29,31-34,43H,8,12,19-22H2,1-3H3,(H,40,44)/b9-5-/t27-,28-,29+,31-,32-,33-,34+,38-/m1/s1. The van der Waals surface area contributed by atoms with Gasteiger partial charge >= 0.3 is 5.97 Å². The third kappa shape index (κ3) is 6.71. The minimum atomic E-state index is -1.49. The van der Waals surface area contributed by atoms with Crippen LogP contribution in [0, 0.1) is 17.8 Å². The molecule has 2 aromatic carbocycles. The maximum Gasteiger partial charge on any atom is 0.313 e. The molecular weight excluding hydrogens is 662 g/mol. The van der Waals surface area contributed by atoms with Crippen LogP contribution in [0.4, 0.5) is 5.69 Å². The van der Waals surface area contributed by atoms with Gasteiger partial charge in [-0.25, -0.2) is 0 Å². The summed E-state index contributed by atoms with van der Waals surface area (Å²) < 4.78 is 18.4. The normalized spacial score (nSPS) is 31.2. The van der Waals surface area contributed by atoms with E-state index in [-0.39, 0.29) is 38.0 Å². The Hall–Kier alpha value is -4.03. The van der Waals surface area contributed by atoms with Crippen LogP contribution in [0.1, 0.15) is 44.8 Å². The number of anilines is 1. The SMILES string of the molecule is COC[C@H]1NC(=O)CC/C=C\CN(c2ccc(Cl)cc2)C(=O)[C@@H]2N([C@@H](CO)CC(C)C)C(=O)[C@H]3[C@H](C(=O)O[C@@H]1c1ccccc1)[C@@H]1C=C[C@]23O1. The average Bonchev–Trinajstić information content (AvgIpc) is 3.75. The van der Waals surface area contributed by atoms with Gasteiger partial charge in [0.25, 0.3) is 5.91 Å². The number of allylic oxidation sites excluding steroid dienone is 1. The molecule has 4 aliphatic rings. The topological polar surface area (TPSA) is 135 Å². The van der Waals surface area contributed by atoms with E-state index in [1.807, 2.05) is 44.2 Å². The second-order valence-corrected chi connectivity index (χ2v) is 14.2. The third-order valence-corrected chi connectivity index (χ3v) is 10.2. The van der Waals surface area contributed by atoms with Crippen LogP contribution >= 0.6 is 11.6 Å².